The van der Waals surface area contributed by atoms with Crippen LogP contribution in [0.25, 0.3) is 16.8 Å². The molecule has 0 radical (unpaired) electrons. The van der Waals surface area contributed by atoms with Gasteiger partial charge in [-0.15, -0.1) is 0 Å². The third kappa shape index (κ3) is 4.41. The fraction of sp³-hybridized carbons (Fsp3) is 0.320. The first-order valence-electron chi connectivity index (χ1n) is 11.2. The van der Waals surface area contributed by atoms with Crippen molar-refractivity contribution >= 4 is 40.5 Å². The van der Waals surface area contributed by atoms with E-state index in [1.807, 2.05) is 39.0 Å². The number of pyridine rings is 3. The molecule has 176 valence electrons. The van der Waals surface area contributed by atoms with Crippen LogP contribution in [0.15, 0.2) is 58.1 Å². The maximum Gasteiger partial charge on any atom is 0.202 e. The van der Waals surface area contributed by atoms with Crippen molar-refractivity contribution < 1.29 is 5.11 Å². The van der Waals surface area contributed by atoms with Gasteiger partial charge in [-0.1, -0.05) is 20.4 Å². The average Bonchev–Trinajstić information content (AvgIpc) is 2.77. The summed E-state index contributed by atoms with van der Waals surface area (Å²) in [6.45, 7) is 11.0. The number of rotatable bonds is 6. The Hall–Kier alpha value is -4.01. The van der Waals surface area contributed by atoms with Gasteiger partial charge in [-0.3, -0.25) is 19.3 Å². The Morgan fingerprint density at radius 1 is 1.38 bits per heavy atom. The summed E-state index contributed by atoms with van der Waals surface area (Å²) in [6.07, 6.45) is 6.58. The zero-order valence-electron chi connectivity index (χ0n) is 19.9. The van der Waals surface area contributed by atoms with Crippen LogP contribution in [0.3, 0.4) is 0 Å². The standard InChI is InChI=1S/C25H29N7O2/c1-15(2)24(28-14-26-5)32-13-20(17(4)33)23(34)22-16(3)9-21(30-25(22)32)31-11-19(12-31)29-18-7-6-8-27-10-18/h6-10,13-15,19,29,33H,4,11-12H2,1-3,5H3/b26-14-,28-24+. The summed E-state index contributed by atoms with van der Waals surface area (Å²) in [5.74, 6) is 1.15. The van der Waals surface area contributed by atoms with Gasteiger partial charge in [0.2, 0.25) is 5.43 Å². The molecule has 9 nitrogen and oxygen atoms in total. The van der Waals surface area contributed by atoms with Gasteiger partial charge < -0.3 is 15.3 Å². The Morgan fingerprint density at radius 2 is 2.15 bits per heavy atom. The predicted molar refractivity (Wildman–Crippen MR) is 138 cm³/mol. The topological polar surface area (TPSA) is 108 Å². The molecule has 2 N–H and O–H groups in total. The van der Waals surface area contributed by atoms with Gasteiger partial charge in [0.25, 0.3) is 0 Å². The largest absolute Gasteiger partial charge is 0.508 e. The van der Waals surface area contributed by atoms with Crippen molar-refractivity contribution in [2.45, 2.75) is 26.8 Å². The monoisotopic (exact) mass is 459 g/mol. The highest BCUT2D eigenvalue weighted by Gasteiger charge is 2.29. The lowest BCUT2D eigenvalue weighted by molar-refractivity contribution is 0.512. The minimum atomic E-state index is -0.303. The number of hydrogen-bond acceptors (Lipinski definition) is 7. The molecule has 1 saturated heterocycles. The van der Waals surface area contributed by atoms with Crippen molar-refractivity contribution in [1.29, 1.82) is 0 Å². The number of anilines is 2. The van der Waals surface area contributed by atoms with Crippen LogP contribution in [0.1, 0.15) is 25.0 Å². The molecule has 4 heterocycles. The molecule has 1 fully saturated rings. The molecule has 0 aliphatic carbocycles. The Bertz CT molecular complexity index is 1340. The van der Waals surface area contributed by atoms with Crippen LogP contribution in [0.2, 0.25) is 0 Å². The minimum absolute atomic E-state index is 0.00587. The molecular formula is C25H29N7O2. The van der Waals surface area contributed by atoms with Crippen LogP contribution >= 0.6 is 0 Å². The Kier molecular flexibility index (Phi) is 6.45. The molecule has 0 amide bonds. The van der Waals surface area contributed by atoms with Crippen molar-refractivity contribution in [3.63, 3.8) is 0 Å². The summed E-state index contributed by atoms with van der Waals surface area (Å²) in [6, 6.07) is 6.08. The first kappa shape index (κ1) is 23.2. The normalized spacial score (nSPS) is 14.7. The Balaban J connectivity index is 1.78. The van der Waals surface area contributed by atoms with E-state index in [0.29, 0.717) is 16.9 Å². The van der Waals surface area contributed by atoms with E-state index in [2.05, 4.69) is 31.8 Å². The van der Waals surface area contributed by atoms with E-state index in [4.69, 9.17) is 4.98 Å². The molecule has 3 aromatic heterocycles. The van der Waals surface area contributed by atoms with Gasteiger partial charge in [0.05, 0.1) is 22.7 Å². The van der Waals surface area contributed by atoms with Gasteiger partial charge in [0.15, 0.2) is 5.65 Å². The SMILES string of the molecule is C=C(O)c1cn(/C(=N/C=N\C)C(C)C)c2nc(N3CC(Nc4cccnc4)C3)cc(C)c2c1=O. The van der Waals surface area contributed by atoms with Crippen molar-refractivity contribution in [3.8, 4) is 0 Å². The lowest BCUT2D eigenvalue weighted by Gasteiger charge is -2.41. The van der Waals surface area contributed by atoms with Gasteiger partial charge in [-0.25, -0.2) is 9.98 Å². The second kappa shape index (κ2) is 9.46. The number of nitrogens with zero attached hydrogens (tertiary/aromatic N) is 6. The smallest absolute Gasteiger partial charge is 0.202 e. The molecule has 34 heavy (non-hydrogen) atoms. The minimum Gasteiger partial charge on any atom is -0.508 e. The number of aromatic nitrogens is 3. The van der Waals surface area contributed by atoms with E-state index in [9.17, 15) is 9.90 Å². The summed E-state index contributed by atoms with van der Waals surface area (Å²) in [7, 11) is 1.65. The Labute approximate surface area is 198 Å². The molecule has 4 rings (SSSR count). The number of hydrogen-bond donors (Lipinski definition) is 2. The van der Waals surface area contributed by atoms with Crippen LogP contribution in [0.5, 0.6) is 0 Å². The molecular weight excluding hydrogens is 430 g/mol. The second-order valence-corrected chi connectivity index (χ2v) is 8.69. The molecule has 0 aromatic carbocycles. The zero-order valence-corrected chi connectivity index (χ0v) is 19.9. The Morgan fingerprint density at radius 3 is 2.76 bits per heavy atom. The number of aliphatic hydroxyl groups excluding tert-OH is 1. The highest BCUT2D eigenvalue weighted by atomic mass is 16.3. The van der Waals surface area contributed by atoms with E-state index >= 15 is 0 Å². The third-order valence-electron chi connectivity index (χ3n) is 5.76. The summed E-state index contributed by atoms with van der Waals surface area (Å²) in [4.78, 5) is 32.9. The molecule has 1 aliphatic heterocycles. The van der Waals surface area contributed by atoms with Crippen molar-refractivity contribution in [1.82, 2.24) is 14.5 Å². The first-order valence-corrected chi connectivity index (χ1v) is 11.2. The highest BCUT2D eigenvalue weighted by molar-refractivity contribution is 5.99. The fourth-order valence-corrected chi connectivity index (χ4v) is 4.07. The van der Waals surface area contributed by atoms with Crippen molar-refractivity contribution in [2.75, 3.05) is 30.4 Å². The van der Waals surface area contributed by atoms with Crippen LogP contribution in [0.4, 0.5) is 11.5 Å². The van der Waals surface area contributed by atoms with Crippen LogP contribution in [-0.4, -0.2) is 58.0 Å². The second-order valence-electron chi connectivity index (χ2n) is 8.69. The van der Waals surface area contributed by atoms with E-state index in [1.54, 1.807) is 30.2 Å². The first-order chi connectivity index (χ1) is 16.3. The number of aliphatic hydroxyl groups is 1. The lowest BCUT2D eigenvalue weighted by atomic mass is 10.1. The van der Waals surface area contributed by atoms with Crippen LogP contribution in [0, 0.1) is 12.8 Å². The number of fused-ring (bicyclic) bond motifs is 1. The van der Waals surface area contributed by atoms with Crippen LogP contribution in [-0.2, 0) is 0 Å². The molecule has 1 aliphatic rings. The maximum atomic E-state index is 13.2. The van der Waals surface area contributed by atoms with Gasteiger partial charge in [-0.2, -0.15) is 0 Å². The number of aryl methyl sites for hydroxylation is 1. The highest BCUT2D eigenvalue weighted by Crippen LogP contribution is 2.27. The molecule has 9 heteroatoms. The summed E-state index contributed by atoms with van der Waals surface area (Å²) in [5, 5.41) is 14.0. The quantitative estimate of drug-likeness (QED) is 0.332. The molecule has 3 aromatic rings. The predicted octanol–water partition coefficient (Wildman–Crippen LogP) is 3.49. The molecule has 0 atom stereocenters. The van der Waals surface area contributed by atoms with Gasteiger partial charge in [0.1, 0.15) is 23.8 Å². The van der Waals surface area contributed by atoms with E-state index in [0.717, 1.165) is 30.2 Å². The lowest BCUT2D eigenvalue weighted by Crippen LogP contribution is -2.55. The van der Waals surface area contributed by atoms with Crippen molar-refractivity contribution in [3.05, 3.63) is 64.7 Å². The maximum absolute atomic E-state index is 13.2. The van der Waals surface area contributed by atoms with Crippen LogP contribution < -0.4 is 15.6 Å². The van der Waals surface area contributed by atoms with Gasteiger partial charge in [-0.05, 0) is 30.7 Å². The molecule has 0 spiro atoms. The van der Waals surface area contributed by atoms with E-state index in [-0.39, 0.29) is 28.7 Å². The molecule has 0 saturated carbocycles. The third-order valence-corrected chi connectivity index (χ3v) is 5.76. The van der Waals surface area contributed by atoms with E-state index in [1.165, 1.54) is 6.34 Å². The number of aliphatic imine (C=N–C) groups is 2. The van der Waals surface area contributed by atoms with E-state index < -0.39 is 0 Å². The zero-order chi connectivity index (χ0) is 24.4. The van der Waals surface area contributed by atoms with Gasteiger partial charge in [0, 0.05) is 44.6 Å². The van der Waals surface area contributed by atoms with Crippen molar-refractivity contribution in [2.24, 2.45) is 15.9 Å². The average molecular weight is 460 g/mol. The fourth-order valence-electron chi connectivity index (χ4n) is 4.07. The molecule has 0 unspecified atom stereocenters. The summed E-state index contributed by atoms with van der Waals surface area (Å²) < 4.78 is 1.77. The van der Waals surface area contributed by atoms with Gasteiger partial charge >= 0.3 is 0 Å². The summed E-state index contributed by atoms with van der Waals surface area (Å²) >= 11 is 0. The molecule has 0 bridgehead atoms. The summed E-state index contributed by atoms with van der Waals surface area (Å²) in [5.41, 5.74) is 2.07. The number of nitrogens with one attached hydrogen (secondary N) is 1.